The van der Waals surface area contributed by atoms with Crippen molar-refractivity contribution in [1.29, 1.82) is 0 Å². The van der Waals surface area contributed by atoms with E-state index in [0.29, 0.717) is 18.2 Å². The van der Waals surface area contributed by atoms with Crippen molar-refractivity contribution in [3.8, 4) is 0 Å². The van der Waals surface area contributed by atoms with Crippen LogP contribution in [0.15, 0.2) is 41.4 Å². The zero-order valence-corrected chi connectivity index (χ0v) is 11.2. The van der Waals surface area contributed by atoms with Crippen molar-refractivity contribution in [2.75, 3.05) is 11.6 Å². The molecule has 0 spiro atoms. The van der Waals surface area contributed by atoms with Gasteiger partial charge in [0, 0.05) is 24.7 Å². The summed E-state index contributed by atoms with van der Waals surface area (Å²) in [6.07, 6.45) is 2.78. The molecule has 0 radical (unpaired) electrons. The first-order valence-electron chi connectivity index (χ1n) is 5.58. The smallest absolute Gasteiger partial charge is 0.227 e. The zero-order chi connectivity index (χ0) is 13.9. The van der Waals surface area contributed by atoms with Gasteiger partial charge in [0.05, 0.1) is 10.6 Å². The number of sulfone groups is 1. The molecule has 0 aliphatic carbocycles. The maximum absolute atomic E-state index is 11.3. The fourth-order valence-electron chi connectivity index (χ4n) is 1.48. The van der Waals surface area contributed by atoms with Gasteiger partial charge < -0.3 is 11.1 Å². The third kappa shape index (κ3) is 3.49. The molecule has 0 atom stereocenters. The summed E-state index contributed by atoms with van der Waals surface area (Å²) < 4.78 is 22.7. The molecule has 0 aliphatic rings. The summed E-state index contributed by atoms with van der Waals surface area (Å²) in [4.78, 5) is 8.52. The summed E-state index contributed by atoms with van der Waals surface area (Å²) >= 11 is 0. The molecule has 3 N–H and O–H groups in total. The first kappa shape index (κ1) is 13.4. The van der Waals surface area contributed by atoms with Crippen molar-refractivity contribution in [3.05, 3.63) is 42.2 Å². The van der Waals surface area contributed by atoms with E-state index in [9.17, 15) is 8.42 Å². The second-order valence-corrected chi connectivity index (χ2v) is 6.01. The minimum Gasteiger partial charge on any atom is -0.325 e. The summed E-state index contributed by atoms with van der Waals surface area (Å²) in [5.74, 6) is 0.426. The van der Waals surface area contributed by atoms with Crippen LogP contribution in [-0.4, -0.2) is 24.6 Å². The van der Waals surface area contributed by atoms with Gasteiger partial charge in [0.15, 0.2) is 9.84 Å². The van der Waals surface area contributed by atoms with Crippen molar-refractivity contribution >= 4 is 21.5 Å². The molecule has 0 amide bonds. The Labute approximate surface area is 111 Å². The van der Waals surface area contributed by atoms with E-state index in [1.807, 2.05) is 0 Å². The lowest BCUT2D eigenvalue weighted by molar-refractivity contribution is 0.602. The summed E-state index contributed by atoms with van der Waals surface area (Å²) in [6, 6.07) is 8.12. The van der Waals surface area contributed by atoms with Crippen LogP contribution in [0.1, 0.15) is 5.69 Å². The lowest BCUT2D eigenvalue weighted by Crippen LogP contribution is -2.04. The van der Waals surface area contributed by atoms with E-state index in [0.717, 1.165) is 5.69 Å². The molecule has 1 heterocycles. The Morgan fingerprint density at radius 1 is 1.21 bits per heavy atom. The average Bonchev–Trinajstić information content (AvgIpc) is 2.38. The molecule has 100 valence electrons. The highest BCUT2D eigenvalue weighted by molar-refractivity contribution is 7.90. The van der Waals surface area contributed by atoms with Crippen LogP contribution in [0.3, 0.4) is 0 Å². The molecule has 0 saturated heterocycles. The first-order chi connectivity index (χ1) is 8.99. The van der Waals surface area contributed by atoms with Crippen molar-refractivity contribution in [2.24, 2.45) is 5.73 Å². The maximum Gasteiger partial charge on any atom is 0.227 e. The lowest BCUT2D eigenvalue weighted by atomic mass is 10.3. The summed E-state index contributed by atoms with van der Waals surface area (Å²) in [6.45, 7) is 0.338. The van der Waals surface area contributed by atoms with Crippen LogP contribution in [0.2, 0.25) is 0 Å². The Balaban J connectivity index is 2.19. The van der Waals surface area contributed by atoms with E-state index in [-0.39, 0.29) is 4.90 Å². The van der Waals surface area contributed by atoms with E-state index in [1.165, 1.54) is 18.4 Å². The van der Waals surface area contributed by atoms with Crippen molar-refractivity contribution in [3.63, 3.8) is 0 Å². The monoisotopic (exact) mass is 278 g/mol. The number of nitrogens with one attached hydrogen (secondary N) is 1. The van der Waals surface area contributed by atoms with E-state index in [4.69, 9.17) is 5.73 Å². The van der Waals surface area contributed by atoms with Gasteiger partial charge in [0.25, 0.3) is 0 Å². The van der Waals surface area contributed by atoms with E-state index in [1.54, 1.807) is 24.4 Å². The number of hydrogen-bond donors (Lipinski definition) is 2. The van der Waals surface area contributed by atoms with Crippen LogP contribution >= 0.6 is 0 Å². The number of anilines is 2. The quantitative estimate of drug-likeness (QED) is 0.868. The predicted molar refractivity (Wildman–Crippen MR) is 72.8 cm³/mol. The molecule has 0 unspecified atom stereocenters. The van der Waals surface area contributed by atoms with Gasteiger partial charge >= 0.3 is 0 Å². The summed E-state index contributed by atoms with van der Waals surface area (Å²) in [5.41, 5.74) is 6.93. The minimum absolute atomic E-state index is 0.273. The van der Waals surface area contributed by atoms with E-state index < -0.39 is 9.84 Å². The Hall–Kier alpha value is -1.99. The van der Waals surface area contributed by atoms with E-state index in [2.05, 4.69) is 15.3 Å². The number of aromatic nitrogens is 2. The third-order valence-corrected chi connectivity index (χ3v) is 3.59. The standard InChI is InChI=1S/C12H14N4O2S/c1-19(17,18)11-4-2-9(3-5-11)15-12-14-7-6-10(8-13)16-12/h2-7H,8,13H2,1H3,(H,14,15,16). The van der Waals surface area contributed by atoms with Gasteiger partial charge in [-0.1, -0.05) is 0 Å². The van der Waals surface area contributed by atoms with Crippen LogP contribution in [0, 0.1) is 0 Å². The van der Waals surface area contributed by atoms with Crippen LogP contribution in [-0.2, 0) is 16.4 Å². The number of rotatable bonds is 4. The molecule has 19 heavy (non-hydrogen) atoms. The number of benzene rings is 1. The fraction of sp³-hybridized carbons (Fsp3) is 0.167. The highest BCUT2D eigenvalue weighted by Crippen LogP contribution is 2.16. The average molecular weight is 278 g/mol. The molecule has 0 bridgehead atoms. The highest BCUT2D eigenvalue weighted by Gasteiger charge is 2.06. The van der Waals surface area contributed by atoms with Crippen LogP contribution in [0.4, 0.5) is 11.6 Å². The SMILES string of the molecule is CS(=O)(=O)c1ccc(Nc2nccc(CN)n2)cc1. The number of nitrogens with two attached hydrogens (primary N) is 1. The fourth-order valence-corrected chi connectivity index (χ4v) is 2.12. The maximum atomic E-state index is 11.3. The number of nitrogens with zero attached hydrogens (tertiary/aromatic N) is 2. The van der Waals surface area contributed by atoms with Gasteiger partial charge in [-0.05, 0) is 30.3 Å². The molecule has 0 fully saturated rings. The molecule has 1 aromatic heterocycles. The van der Waals surface area contributed by atoms with Gasteiger partial charge in [-0.3, -0.25) is 0 Å². The van der Waals surface area contributed by atoms with Gasteiger partial charge in [0.1, 0.15) is 0 Å². The lowest BCUT2D eigenvalue weighted by Gasteiger charge is -2.06. The molecule has 2 rings (SSSR count). The Morgan fingerprint density at radius 3 is 2.47 bits per heavy atom. The molecule has 1 aromatic carbocycles. The van der Waals surface area contributed by atoms with Crippen LogP contribution in [0.5, 0.6) is 0 Å². The first-order valence-corrected chi connectivity index (χ1v) is 7.47. The second kappa shape index (κ2) is 5.33. The zero-order valence-electron chi connectivity index (χ0n) is 10.4. The van der Waals surface area contributed by atoms with Gasteiger partial charge in [-0.15, -0.1) is 0 Å². The summed E-state index contributed by atoms with van der Waals surface area (Å²) in [7, 11) is -3.18. The predicted octanol–water partition coefficient (Wildman–Crippen LogP) is 1.08. The highest BCUT2D eigenvalue weighted by atomic mass is 32.2. The molecule has 0 aliphatic heterocycles. The van der Waals surface area contributed by atoms with Crippen LogP contribution < -0.4 is 11.1 Å². The topological polar surface area (TPSA) is 98.0 Å². The largest absolute Gasteiger partial charge is 0.325 e. The number of hydrogen-bond acceptors (Lipinski definition) is 6. The van der Waals surface area contributed by atoms with Gasteiger partial charge in [0.2, 0.25) is 5.95 Å². The second-order valence-electron chi connectivity index (χ2n) is 4.00. The van der Waals surface area contributed by atoms with Crippen LogP contribution in [0.25, 0.3) is 0 Å². The van der Waals surface area contributed by atoms with E-state index >= 15 is 0 Å². The molecular formula is C12H14N4O2S. The Bertz CT molecular complexity index is 668. The molecular weight excluding hydrogens is 264 g/mol. The van der Waals surface area contributed by atoms with Crippen molar-refractivity contribution in [2.45, 2.75) is 11.4 Å². The molecule has 7 heteroatoms. The Morgan fingerprint density at radius 2 is 1.89 bits per heavy atom. The third-order valence-electron chi connectivity index (χ3n) is 2.46. The normalized spacial score (nSPS) is 11.3. The van der Waals surface area contributed by atoms with Gasteiger partial charge in [-0.2, -0.15) is 0 Å². The molecule has 6 nitrogen and oxygen atoms in total. The van der Waals surface area contributed by atoms with Crippen molar-refractivity contribution in [1.82, 2.24) is 9.97 Å². The van der Waals surface area contributed by atoms with Gasteiger partial charge in [-0.25, -0.2) is 18.4 Å². The minimum atomic E-state index is -3.18. The molecule has 0 saturated carbocycles. The Kier molecular flexibility index (Phi) is 3.77. The van der Waals surface area contributed by atoms with Crippen molar-refractivity contribution < 1.29 is 8.42 Å². The summed E-state index contributed by atoms with van der Waals surface area (Å²) in [5, 5.41) is 2.98. The molecule has 2 aromatic rings.